The van der Waals surface area contributed by atoms with Crippen LogP contribution in [0.1, 0.15) is 31.1 Å². The van der Waals surface area contributed by atoms with Gasteiger partial charge in [0.1, 0.15) is 0 Å². The molecule has 0 N–H and O–H groups in total. The summed E-state index contributed by atoms with van der Waals surface area (Å²) in [6.45, 7) is -0.402. The van der Waals surface area contributed by atoms with Gasteiger partial charge in [0, 0.05) is 19.8 Å². The number of esters is 1. The number of nitrogens with zero attached hydrogens (tertiary/aromatic N) is 2. The Balaban J connectivity index is 1.67. The summed E-state index contributed by atoms with van der Waals surface area (Å²) in [5.74, 6) is -1.49. The molecule has 1 heterocycles. The van der Waals surface area contributed by atoms with Crippen molar-refractivity contribution in [3.8, 4) is 0 Å². The molecule has 0 fully saturated rings. The van der Waals surface area contributed by atoms with Gasteiger partial charge in [-0.1, -0.05) is 12.1 Å². The number of fused-ring (bicyclic) bond motifs is 1. The second-order valence-electron chi connectivity index (χ2n) is 5.59. The maximum atomic E-state index is 12.2. The van der Waals surface area contributed by atoms with Gasteiger partial charge < -0.3 is 9.64 Å². The van der Waals surface area contributed by atoms with Crippen molar-refractivity contribution in [2.24, 2.45) is 0 Å². The molecule has 0 saturated heterocycles. The summed E-state index contributed by atoms with van der Waals surface area (Å²) >= 11 is 0. The highest BCUT2D eigenvalue weighted by molar-refractivity contribution is 6.21. The van der Waals surface area contributed by atoms with Gasteiger partial charge in [0.25, 0.3) is 11.8 Å². The third kappa shape index (κ3) is 2.74. The minimum Gasteiger partial charge on any atom is -0.440 e. The largest absolute Gasteiger partial charge is 0.440 e. The van der Waals surface area contributed by atoms with Crippen LogP contribution in [0.3, 0.4) is 0 Å². The maximum Gasteiger partial charge on any atom is 0.339 e. The van der Waals surface area contributed by atoms with E-state index in [0.29, 0.717) is 16.7 Å². The molecule has 6 heteroatoms. The van der Waals surface area contributed by atoms with Gasteiger partial charge in [0.05, 0.1) is 16.7 Å². The maximum absolute atomic E-state index is 12.2. The third-order valence-electron chi connectivity index (χ3n) is 3.82. The third-order valence-corrected chi connectivity index (χ3v) is 3.82. The van der Waals surface area contributed by atoms with E-state index in [1.807, 2.05) is 19.0 Å². The number of ether oxygens (including phenoxy) is 1. The Labute approximate surface area is 139 Å². The van der Waals surface area contributed by atoms with E-state index in [1.165, 1.54) is 0 Å². The number of carbonyl (C=O) groups excluding carboxylic acids is 3. The van der Waals surface area contributed by atoms with Crippen molar-refractivity contribution in [3.05, 3.63) is 65.2 Å². The molecule has 0 spiro atoms. The number of anilines is 1. The van der Waals surface area contributed by atoms with E-state index < -0.39 is 24.5 Å². The molecule has 24 heavy (non-hydrogen) atoms. The van der Waals surface area contributed by atoms with E-state index in [0.717, 1.165) is 10.6 Å². The lowest BCUT2D eigenvalue weighted by molar-refractivity contribution is 0.0228. The minimum atomic E-state index is -0.586. The Morgan fingerprint density at radius 1 is 0.958 bits per heavy atom. The first-order valence-corrected chi connectivity index (χ1v) is 7.39. The molecule has 0 atom stereocenters. The lowest BCUT2D eigenvalue weighted by Crippen LogP contribution is -2.33. The van der Waals surface area contributed by atoms with E-state index in [-0.39, 0.29) is 0 Å². The SMILES string of the molecule is CN(C)c1ccc(C(=O)OCN2C(=O)c3ccccc3C2=O)cc1. The summed E-state index contributed by atoms with van der Waals surface area (Å²) < 4.78 is 5.12. The lowest BCUT2D eigenvalue weighted by Gasteiger charge is -2.15. The van der Waals surface area contributed by atoms with Crippen LogP contribution in [-0.4, -0.2) is 43.5 Å². The molecule has 0 radical (unpaired) electrons. The van der Waals surface area contributed by atoms with Crippen LogP contribution in [0.2, 0.25) is 0 Å². The van der Waals surface area contributed by atoms with Crippen LogP contribution in [-0.2, 0) is 4.74 Å². The first-order valence-electron chi connectivity index (χ1n) is 7.39. The van der Waals surface area contributed by atoms with Crippen LogP contribution in [0.5, 0.6) is 0 Å². The van der Waals surface area contributed by atoms with Crippen LogP contribution in [0.25, 0.3) is 0 Å². The van der Waals surface area contributed by atoms with Gasteiger partial charge in [-0.05, 0) is 36.4 Å². The quantitative estimate of drug-likeness (QED) is 0.637. The van der Waals surface area contributed by atoms with Crippen molar-refractivity contribution in [3.63, 3.8) is 0 Å². The summed E-state index contributed by atoms with van der Waals surface area (Å²) in [6.07, 6.45) is 0. The second-order valence-corrected chi connectivity index (χ2v) is 5.59. The van der Waals surface area contributed by atoms with E-state index in [1.54, 1.807) is 48.5 Å². The number of carbonyl (C=O) groups is 3. The lowest BCUT2D eigenvalue weighted by atomic mass is 10.1. The Hall–Kier alpha value is -3.15. The number of hydrogen-bond acceptors (Lipinski definition) is 5. The normalized spacial score (nSPS) is 13.0. The summed E-state index contributed by atoms with van der Waals surface area (Å²) in [5, 5.41) is 0. The molecule has 0 aromatic heterocycles. The minimum absolute atomic E-state index is 0.328. The van der Waals surface area contributed by atoms with E-state index in [9.17, 15) is 14.4 Å². The van der Waals surface area contributed by atoms with Crippen molar-refractivity contribution >= 4 is 23.5 Å². The zero-order chi connectivity index (χ0) is 17.3. The van der Waals surface area contributed by atoms with E-state index in [4.69, 9.17) is 4.74 Å². The van der Waals surface area contributed by atoms with Crippen LogP contribution < -0.4 is 4.90 Å². The summed E-state index contributed by atoms with van der Waals surface area (Å²) in [7, 11) is 3.80. The highest BCUT2D eigenvalue weighted by Gasteiger charge is 2.35. The van der Waals surface area contributed by atoms with E-state index in [2.05, 4.69) is 0 Å². The molecule has 0 aliphatic carbocycles. The number of benzene rings is 2. The highest BCUT2D eigenvalue weighted by atomic mass is 16.5. The molecular formula is C18H16N2O4. The van der Waals surface area contributed by atoms with Gasteiger partial charge in [-0.15, -0.1) is 0 Å². The van der Waals surface area contributed by atoms with Crippen LogP contribution in [0.4, 0.5) is 5.69 Å². The van der Waals surface area contributed by atoms with Crippen molar-refractivity contribution in [1.82, 2.24) is 4.90 Å². The molecule has 0 saturated carbocycles. The molecule has 2 amide bonds. The number of amides is 2. The Morgan fingerprint density at radius 3 is 2.00 bits per heavy atom. The molecule has 0 unspecified atom stereocenters. The predicted octanol–water partition coefficient (Wildman–Crippen LogP) is 2.16. The number of hydrogen-bond donors (Lipinski definition) is 0. The topological polar surface area (TPSA) is 66.9 Å². The van der Waals surface area contributed by atoms with E-state index >= 15 is 0 Å². The Kier molecular flexibility index (Phi) is 4.04. The molecule has 1 aliphatic rings. The first-order chi connectivity index (χ1) is 11.5. The molecular weight excluding hydrogens is 308 g/mol. The number of rotatable bonds is 4. The van der Waals surface area contributed by atoms with Gasteiger partial charge in [-0.3, -0.25) is 9.59 Å². The average Bonchev–Trinajstić information content (AvgIpc) is 2.84. The van der Waals surface area contributed by atoms with Crippen molar-refractivity contribution in [2.75, 3.05) is 25.7 Å². The highest BCUT2D eigenvalue weighted by Crippen LogP contribution is 2.22. The molecule has 122 valence electrons. The van der Waals surface area contributed by atoms with Crippen molar-refractivity contribution in [1.29, 1.82) is 0 Å². The van der Waals surface area contributed by atoms with Gasteiger partial charge >= 0.3 is 5.97 Å². The average molecular weight is 324 g/mol. The molecule has 6 nitrogen and oxygen atoms in total. The monoisotopic (exact) mass is 324 g/mol. The molecule has 0 bridgehead atoms. The van der Waals surface area contributed by atoms with Gasteiger partial charge in [-0.25, -0.2) is 9.69 Å². The van der Waals surface area contributed by atoms with Crippen molar-refractivity contribution < 1.29 is 19.1 Å². The van der Waals surface area contributed by atoms with Crippen LogP contribution >= 0.6 is 0 Å². The summed E-state index contributed by atoms with van der Waals surface area (Å²) in [4.78, 5) is 39.3. The summed E-state index contributed by atoms with van der Waals surface area (Å²) in [5.41, 5.74) is 1.96. The summed E-state index contributed by atoms with van der Waals surface area (Å²) in [6, 6.07) is 13.4. The standard InChI is InChI=1S/C18H16N2O4/c1-19(2)13-9-7-12(8-10-13)18(23)24-11-20-16(21)14-5-3-4-6-15(14)17(20)22/h3-10H,11H2,1-2H3. The zero-order valence-corrected chi connectivity index (χ0v) is 13.4. The molecule has 2 aromatic rings. The molecule has 1 aliphatic heterocycles. The van der Waals surface area contributed by atoms with Crippen LogP contribution in [0, 0.1) is 0 Å². The molecule has 2 aromatic carbocycles. The van der Waals surface area contributed by atoms with Gasteiger partial charge in [0.2, 0.25) is 0 Å². The smallest absolute Gasteiger partial charge is 0.339 e. The second kappa shape index (κ2) is 6.16. The first kappa shape index (κ1) is 15.7. The molecule has 3 rings (SSSR count). The number of imide groups is 1. The van der Waals surface area contributed by atoms with Crippen LogP contribution in [0.15, 0.2) is 48.5 Å². The zero-order valence-electron chi connectivity index (χ0n) is 13.4. The Morgan fingerprint density at radius 2 is 1.50 bits per heavy atom. The fourth-order valence-electron chi connectivity index (χ4n) is 2.46. The Bertz CT molecular complexity index is 777. The van der Waals surface area contributed by atoms with Gasteiger partial charge in [0.15, 0.2) is 6.73 Å². The predicted molar refractivity (Wildman–Crippen MR) is 88.0 cm³/mol. The van der Waals surface area contributed by atoms with Gasteiger partial charge in [-0.2, -0.15) is 0 Å². The van der Waals surface area contributed by atoms with Crippen molar-refractivity contribution in [2.45, 2.75) is 0 Å². The fraction of sp³-hybridized carbons (Fsp3) is 0.167. The fourth-order valence-corrected chi connectivity index (χ4v) is 2.46.